The van der Waals surface area contributed by atoms with Crippen molar-refractivity contribution in [1.82, 2.24) is 5.32 Å². The molecule has 0 radical (unpaired) electrons. The summed E-state index contributed by atoms with van der Waals surface area (Å²) >= 11 is 0. The lowest BCUT2D eigenvalue weighted by Gasteiger charge is -2.30. The van der Waals surface area contributed by atoms with Crippen molar-refractivity contribution >= 4 is 21.6 Å². The number of benzene rings is 2. The van der Waals surface area contributed by atoms with Gasteiger partial charge in [0.1, 0.15) is 17.6 Å². The minimum atomic E-state index is -3.68. The minimum Gasteiger partial charge on any atom is -0.494 e. The van der Waals surface area contributed by atoms with Crippen molar-refractivity contribution in [2.45, 2.75) is 39.2 Å². The van der Waals surface area contributed by atoms with Gasteiger partial charge in [-0.3, -0.25) is 9.10 Å². The van der Waals surface area contributed by atoms with Gasteiger partial charge in [-0.05, 0) is 68.1 Å². The van der Waals surface area contributed by atoms with Gasteiger partial charge in [-0.2, -0.15) is 0 Å². The molecule has 2 aromatic rings. The van der Waals surface area contributed by atoms with Crippen LogP contribution in [0.25, 0.3) is 0 Å². The van der Waals surface area contributed by atoms with E-state index in [2.05, 4.69) is 5.32 Å². The highest BCUT2D eigenvalue weighted by Gasteiger charge is 2.31. The topological polar surface area (TPSA) is 75.7 Å². The number of sulfonamides is 1. The van der Waals surface area contributed by atoms with Crippen LogP contribution in [-0.2, 0) is 21.2 Å². The molecule has 6 nitrogen and oxygen atoms in total. The highest BCUT2D eigenvalue weighted by Crippen LogP contribution is 2.25. The Morgan fingerprint density at radius 2 is 1.73 bits per heavy atom. The summed E-state index contributed by atoms with van der Waals surface area (Å²) in [5.41, 5.74) is 1.39. The fourth-order valence-corrected chi connectivity index (χ4v) is 4.40. The van der Waals surface area contributed by atoms with Crippen LogP contribution >= 0.6 is 0 Å². The zero-order valence-electron chi connectivity index (χ0n) is 17.6. The Labute approximate surface area is 178 Å². The molecule has 0 aliphatic heterocycles. The average Bonchev–Trinajstić information content (AvgIpc) is 2.70. The second-order valence-corrected chi connectivity index (χ2v) is 8.79. The molecule has 164 valence electrons. The van der Waals surface area contributed by atoms with Crippen molar-refractivity contribution in [1.29, 1.82) is 0 Å². The lowest BCUT2D eigenvalue weighted by molar-refractivity contribution is -0.122. The van der Waals surface area contributed by atoms with Crippen LogP contribution in [0.3, 0.4) is 0 Å². The van der Waals surface area contributed by atoms with Crippen molar-refractivity contribution in [3.05, 3.63) is 59.9 Å². The summed E-state index contributed by atoms with van der Waals surface area (Å²) in [5, 5.41) is 2.83. The monoisotopic (exact) mass is 436 g/mol. The lowest BCUT2D eigenvalue weighted by atomic mass is 10.1. The lowest BCUT2D eigenvalue weighted by Crippen LogP contribution is -2.49. The molecule has 0 spiro atoms. The molecule has 2 aromatic carbocycles. The molecule has 0 aromatic heterocycles. The van der Waals surface area contributed by atoms with Gasteiger partial charge < -0.3 is 10.1 Å². The predicted octanol–water partition coefficient (Wildman–Crippen LogP) is 3.52. The first-order valence-electron chi connectivity index (χ1n) is 10.0. The van der Waals surface area contributed by atoms with Gasteiger partial charge in [0.2, 0.25) is 15.9 Å². The molecule has 0 aliphatic carbocycles. The molecule has 1 N–H and O–H groups in total. The SMILES string of the molecule is CCOc1ccc(N(C(CC)C(=O)NCCCc2ccc(F)cc2)S(C)(=O)=O)cc1. The van der Waals surface area contributed by atoms with Crippen LogP contribution in [0.1, 0.15) is 32.3 Å². The molecule has 2 rings (SSSR count). The number of anilines is 1. The molecule has 0 saturated carbocycles. The van der Waals surface area contributed by atoms with Gasteiger partial charge in [0.25, 0.3) is 0 Å². The van der Waals surface area contributed by atoms with Crippen molar-refractivity contribution < 1.29 is 22.3 Å². The van der Waals surface area contributed by atoms with Gasteiger partial charge in [-0.1, -0.05) is 19.1 Å². The number of carbonyl (C=O) groups is 1. The number of nitrogens with zero attached hydrogens (tertiary/aromatic N) is 1. The summed E-state index contributed by atoms with van der Waals surface area (Å²) in [7, 11) is -3.68. The van der Waals surface area contributed by atoms with Gasteiger partial charge in [0, 0.05) is 6.54 Å². The summed E-state index contributed by atoms with van der Waals surface area (Å²) in [6.07, 6.45) is 2.76. The van der Waals surface area contributed by atoms with E-state index in [9.17, 15) is 17.6 Å². The highest BCUT2D eigenvalue weighted by molar-refractivity contribution is 7.92. The van der Waals surface area contributed by atoms with E-state index in [0.717, 1.165) is 16.1 Å². The molecule has 0 aliphatic rings. The number of ether oxygens (including phenoxy) is 1. The van der Waals surface area contributed by atoms with Crippen molar-refractivity contribution in [3.8, 4) is 5.75 Å². The maximum Gasteiger partial charge on any atom is 0.243 e. The maximum atomic E-state index is 13.0. The molecule has 0 bridgehead atoms. The molecule has 1 amide bonds. The number of aryl methyl sites for hydroxylation is 1. The maximum absolute atomic E-state index is 13.0. The van der Waals surface area contributed by atoms with Crippen molar-refractivity contribution in [2.75, 3.05) is 23.7 Å². The Morgan fingerprint density at radius 1 is 1.10 bits per heavy atom. The second-order valence-electron chi connectivity index (χ2n) is 6.93. The number of nitrogens with one attached hydrogen (secondary N) is 1. The second kappa shape index (κ2) is 11.0. The molecule has 0 fully saturated rings. The normalized spacial score (nSPS) is 12.3. The van der Waals surface area contributed by atoms with Crippen molar-refractivity contribution in [3.63, 3.8) is 0 Å². The van der Waals surface area contributed by atoms with E-state index in [1.165, 1.54) is 12.1 Å². The van der Waals surface area contributed by atoms with Crippen LogP contribution in [0.4, 0.5) is 10.1 Å². The Bertz CT molecular complexity index is 915. The third-order valence-corrected chi connectivity index (χ3v) is 5.77. The molecule has 1 atom stereocenters. The third kappa shape index (κ3) is 6.73. The largest absolute Gasteiger partial charge is 0.494 e. The Balaban J connectivity index is 2.04. The van der Waals surface area contributed by atoms with Gasteiger partial charge in [-0.25, -0.2) is 12.8 Å². The van der Waals surface area contributed by atoms with Gasteiger partial charge in [0.05, 0.1) is 18.6 Å². The summed E-state index contributed by atoms with van der Waals surface area (Å²) in [6, 6.07) is 12.0. The Hall–Kier alpha value is -2.61. The first-order chi connectivity index (χ1) is 14.3. The van der Waals surface area contributed by atoms with Crippen LogP contribution in [0, 0.1) is 5.82 Å². The van der Waals surface area contributed by atoms with E-state index < -0.39 is 16.1 Å². The smallest absolute Gasteiger partial charge is 0.243 e. The van der Waals surface area contributed by atoms with Crippen LogP contribution in [0.5, 0.6) is 5.75 Å². The highest BCUT2D eigenvalue weighted by atomic mass is 32.2. The number of amides is 1. The third-order valence-electron chi connectivity index (χ3n) is 4.59. The minimum absolute atomic E-state index is 0.284. The molecule has 0 heterocycles. The van der Waals surface area contributed by atoms with Crippen LogP contribution in [0.15, 0.2) is 48.5 Å². The zero-order chi connectivity index (χ0) is 22.1. The summed E-state index contributed by atoms with van der Waals surface area (Å²) in [6.45, 7) is 4.54. The molecular formula is C22H29FN2O4S. The fourth-order valence-electron chi connectivity index (χ4n) is 3.19. The molecule has 30 heavy (non-hydrogen) atoms. The summed E-state index contributed by atoms with van der Waals surface area (Å²) in [4.78, 5) is 12.8. The molecular weight excluding hydrogens is 407 g/mol. The summed E-state index contributed by atoms with van der Waals surface area (Å²) in [5.74, 6) is -0.00286. The number of hydrogen-bond donors (Lipinski definition) is 1. The number of carbonyl (C=O) groups excluding carboxylic acids is 1. The Morgan fingerprint density at radius 3 is 2.27 bits per heavy atom. The van der Waals surface area contributed by atoms with E-state index in [-0.39, 0.29) is 11.7 Å². The van der Waals surface area contributed by atoms with E-state index in [4.69, 9.17) is 4.74 Å². The van der Waals surface area contributed by atoms with Gasteiger partial charge >= 0.3 is 0 Å². The number of hydrogen-bond acceptors (Lipinski definition) is 4. The predicted molar refractivity (Wildman–Crippen MR) is 117 cm³/mol. The van der Waals surface area contributed by atoms with E-state index >= 15 is 0 Å². The molecule has 1 unspecified atom stereocenters. The number of halogens is 1. The van der Waals surface area contributed by atoms with E-state index in [1.54, 1.807) is 43.3 Å². The van der Waals surface area contributed by atoms with E-state index in [1.807, 2.05) is 6.92 Å². The van der Waals surface area contributed by atoms with Gasteiger partial charge in [-0.15, -0.1) is 0 Å². The molecule has 8 heteroatoms. The van der Waals surface area contributed by atoms with Crippen LogP contribution < -0.4 is 14.4 Å². The standard InChI is InChI=1S/C22H29FN2O4S/c1-4-21(22(26)24-16-6-7-17-8-10-18(23)11-9-17)25(30(3,27)28)19-12-14-20(15-13-19)29-5-2/h8-15,21H,4-7,16H2,1-3H3,(H,24,26). The zero-order valence-corrected chi connectivity index (χ0v) is 18.4. The van der Waals surface area contributed by atoms with Crippen molar-refractivity contribution in [2.24, 2.45) is 0 Å². The van der Waals surface area contributed by atoms with Crippen LogP contribution in [0.2, 0.25) is 0 Å². The molecule has 0 saturated heterocycles. The first kappa shape index (κ1) is 23.7. The fraction of sp³-hybridized carbons (Fsp3) is 0.409. The van der Waals surface area contributed by atoms with Gasteiger partial charge in [0.15, 0.2) is 0 Å². The number of rotatable bonds is 11. The Kier molecular flexibility index (Phi) is 8.65. The van der Waals surface area contributed by atoms with Crippen LogP contribution in [-0.4, -0.2) is 39.8 Å². The first-order valence-corrected chi connectivity index (χ1v) is 11.9. The summed E-state index contributed by atoms with van der Waals surface area (Å²) < 4.78 is 44.5. The average molecular weight is 437 g/mol. The van der Waals surface area contributed by atoms with E-state index in [0.29, 0.717) is 43.9 Å². The quantitative estimate of drug-likeness (QED) is 0.547.